The van der Waals surface area contributed by atoms with Crippen molar-refractivity contribution in [3.05, 3.63) is 88.0 Å². The third-order valence-corrected chi connectivity index (χ3v) is 13.9. The molecule has 0 radical (unpaired) electrons. The molecular weight excluding hydrogens is 841 g/mol. The molecule has 2 aliphatic carbocycles. The Morgan fingerprint density at radius 1 is 0.955 bits per heavy atom. The molecule has 2 heterocycles. The Morgan fingerprint density at radius 3 is 2.32 bits per heavy atom. The largest absolute Gasteiger partial charge is 0.492 e. The number of likely N-dealkylation sites (N-methyl/N-ethyl adjacent to an activating group) is 1. The minimum atomic E-state index is -1.40. The molecule has 1 amide bonds. The van der Waals surface area contributed by atoms with Gasteiger partial charge in [0.05, 0.1) is 29.8 Å². The molecule has 14 nitrogen and oxygen atoms in total. The first kappa shape index (κ1) is 50.9. The number of non-ortho nitro benzene ring substituents is 1. The highest BCUT2D eigenvalue weighted by Crippen LogP contribution is 2.62. The minimum absolute atomic E-state index is 0.00912. The number of carbonyl (C=O) groups is 1. The maximum absolute atomic E-state index is 14.3. The van der Waals surface area contributed by atoms with E-state index in [1.165, 1.54) is 57.1 Å². The van der Waals surface area contributed by atoms with Crippen molar-refractivity contribution in [1.29, 1.82) is 0 Å². The van der Waals surface area contributed by atoms with Crippen LogP contribution in [-0.2, 0) is 20.9 Å². The minimum Gasteiger partial charge on any atom is -0.492 e. The number of carbonyl (C=O) groups excluding carboxylic acids is 1. The Balaban J connectivity index is 1.36. The smallest absolute Gasteiger partial charge is 0.409 e. The van der Waals surface area contributed by atoms with Crippen LogP contribution in [0.4, 0.5) is 10.5 Å². The maximum atomic E-state index is 14.3. The zero-order valence-corrected chi connectivity index (χ0v) is 39.6. The van der Waals surface area contributed by atoms with Crippen LogP contribution in [0.25, 0.3) is 0 Å². The van der Waals surface area contributed by atoms with Crippen LogP contribution in [0.1, 0.15) is 133 Å². The first-order valence-corrected chi connectivity index (χ1v) is 24.9. The number of fused-ring (bicyclic) bond motifs is 2. The second-order valence-electron chi connectivity index (χ2n) is 18.6. The number of nitrogens with zero attached hydrogens (tertiary/aromatic N) is 4. The van der Waals surface area contributed by atoms with E-state index in [1.54, 1.807) is 30.2 Å². The maximum Gasteiger partial charge on any atom is 0.409 e. The average Bonchev–Trinajstić information content (AvgIpc) is 4.16. The third-order valence-electron chi connectivity index (χ3n) is 13.9. The topological polar surface area (TPSA) is 165 Å². The van der Waals surface area contributed by atoms with Crippen molar-refractivity contribution in [3.63, 3.8) is 0 Å². The van der Waals surface area contributed by atoms with Crippen molar-refractivity contribution in [3.8, 4) is 11.5 Å². The van der Waals surface area contributed by atoms with Gasteiger partial charge in [0.15, 0.2) is 0 Å². The Bertz CT molecular complexity index is 1900. The van der Waals surface area contributed by atoms with E-state index in [4.69, 9.17) is 28.9 Å². The summed E-state index contributed by atoms with van der Waals surface area (Å²) in [6.07, 6.45) is 20.1. The molecule has 0 aromatic heterocycles. The summed E-state index contributed by atoms with van der Waals surface area (Å²) in [5.74, 6) is -0.501. The highest BCUT2D eigenvalue weighted by Gasteiger charge is 2.65. The van der Waals surface area contributed by atoms with E-state index >= 15 is 0 Å². The van der Waals surface area contributed by atoms with Gasteiger partial charge in [0.25, 0.3) is 5.69 Å². The van der Waals surface area contributed by atoms with Gasteiger partial charge in [-0.05, 0) is 85.4 Å². The van der Waals surface area contributed by atoms with Crippen LogP contribution in [0, 0.1) is 27.9 Å². The summed E-state index contributed by atoms with van der Waals surface area (Å²) in [4.78, 5) is 35.3. The molecule has 0 unspecified atom stereocenters. The molecule has 2 aromatic rings. The van der Waals surface area contributed by atoms with E-state index in [2.05, 4.69) is 30.5 Å². The number of ether oxygens (including phenoxy) is 4. The van der Waals surface area contributed by atoms with Gasteiger partial charge >= 0.3 is 6.09 Å². The lowest BCUT2D eigenvalue weighted by Gasteiger charge is -2.59. The summed E-state index contributed by atoms with van der Waals surface area (Å²) in [5, 5.41) is 36.1. The second kappa shape index (κ2) is 26.2. The van der Waals surface area contributed by atoms with Gasteiger partial charge in [0.2, 0.25) is 5.79 Å². The van der Waals surface area contributed by atoms with Gasteiger partial charge in [-0.25, -0.2) is 4.79 Å². The molecule has 66 heavy (non-hydrogen) atoms. The van der Waals surface area contributed by atoms with Crippen LogP contribution >= 0.6 is 0 Å². The average molecular weight is 917 g/mol. The molecule has 14 heteroatoms. The predicted octanol–water partition coefficient (Wildman–Crippen LogP) is 10.1. The molecule has 1 saturated carbocycles. The number of hydrogen-bond donors (Lipinski definition) is 2. The number of rotatable bonds is 31. The Labute approximate surface area is 392 Å². The van der Waals surface area contributed by atoms with Crippen molar-refractivity contribution in [1.82, 2.24) is 9.80 Å². The molecule has 6 rings (SSSR count). The molecule has 2 N–H and O–H groups in total. The molecule has 1 saturated heterocycles. The number of oxime groups is 1. The van der Waals surface area contributed by atoms with Crippen molar-refractivity contribution < 1.29 is 43.7 Å². The summed E-state index contributed by atoms with van der Waals surface area (Å²) in [5.41, 5.74) is 3.28. The fraction of sp³-hybridized carbons (Fsp3) is 0.654. The molecule has 0 spiro atoms. The summed E-state index contributed by atoms with van der Waals surface area (Å²) in [7, 11) is 1.74. The lowest BCUT2D eigenvalue weighted by molar-refractivity contribution is -0.384. The normalized spacial score (nSPS) is 23.5. The molecular formula is C52H76N4O10. The highest BCUT2D eigenvalue weighted by molar-refractivity contribution is 6.02. The number of aliphatic hydroxyl groups excluding tert-OH is 2. The summed E-state index contributed by atoms with van der Waals surface area (Å²) >= 11 is 0. The van der Waals surface area contributed by atoms with Gasteiger partial charge in [-0.1, -0.05) is 94.9 Å². The van der Waals surface area contributed by atoms with Gasteiger partial charge in [0, 0.05) is 69.9 Å². The van der Waals surface area contributed by atoms with Gasteiger partial charge in [-0.15, -0.1) is 6.58 Å². The van der Waals surface area contributed by atoms with E-state index in [-0.39, 0.29) is 56.3 Å². The number of hydrogen-bond acceptors (Lipinski definition) is 12. The number of unbranched alkanes of at least 4 members (excludes halogenated alkanes) is 11. The van der Waals surface area contributed by atoms with Gasteiger partial charge < -0.3 is 38.9 Å². The van der Waals surface area contributed by atoms with Gasteiger partial charge in [0.1, 0.15) is 30.8 Å². The second-order valence-corrected chi connectivity index (χ2v) is 18.6. The summed E-state index contributed by atoms with van der Waals surface area (Å²) in [6, 6.07) is 11.5. The number of nitro benzene ring substituents is 1. The number of amides is 1. The van der Waals surface area contributed by atoms with Crippen molar-refractivity contribution in [2.45, 2.75) is 140 Å². The van der Waals surface area contributed by atoms with Crippen LogP contribution in [0.2, 0.25) is 0 Å². The number of allylic oxidation sites excluding steroid dienone is 1. The van der Waals surface area contributed by atoms with Gasteiger partial charge in [-0.2, -0.15) is 0 Å². The Morgan fingerprint density at radius 2 is 1.65 bits per heavy atom. The summed E-state index contributed by atoms with van der Waals surface area (Å²) in [6.45, 7) is 10.6. The third kappa shape index (κ3) is 13.6. The zero-order chi connectivity index (χ0) is 46.7. The van der Waals surface area contributed by atoms with Crippen LogP contribution in [0.15, 0.2) is 71.9 Å². The van der Waals surface area contributed by atoms with Crippen molar-refractivity contribution in [2.24, 2.45) is 22.9 Å². The van der Waals surface area contributed by atoms with Crippen LogP contribution in [0.3, 0.4) is 0 Å². The first-order valence-electron chi connectivity index (χ1n) is 24.9. The monoisotopic (exact) mass is 917 g/mol. The van der Waals surface area contributed by atoms with Gasteiger partial charge in [-0.3, -0.25) is 15.0 Å². The van der Waals surface area contributed by atoms with E-state index in [9.17, 15) is 25.1 Å². The molecule has 2 fully saturated rings. The molecule has 0 bridgehead atoms. The lowest BCUT2D eigenvalue weighted by atomic mass is 9.55. The molecule has 2 aliphatic heterocycles. The van der Waals surface area contributed by atoms with Crippen LogP contribution in [-0.4, -0.2) is 108 Å². The van der Waals surface area contributed by atoms with E-state index in [1.807, 2.05) is 12.1 Å². The fourth-order valence-corrected chi connectivity index (χ4v) is 10.3. The van der Waals surface area contributed by atoms with Crippen molar-refractivity contribution in [2.75, 3.05) is 59.7 Å². The first-order chi connectivity index (χ1) is 32.2. The SMILES string of the molecule is C=CCO[C@@]12Oc3ccc(OCCN4CC4)cc3[C@H]3[C@H](CCCCO)[C@@H](CCCCO)C=C(C(=NOCc4ccc([N+](=O)[O-])cc4)C[C@@H]1N(C)C(=O)OCCCCCCCCCCCC)[C@H]32. The Kier molecular flexibility index (Phi) is 20.2. The standard InChI is InChI=1S/C52H76N4O10/c1-4-6-7-8-9-10-11-12-13-18-33-63-51(59)54(3)48-37-46(53-65-38-39-21-23-41(24-22-39)56(60)61)44-35-40(19-14-16-30-57)43(20-15-17-31-58)49-45-36-42(62-34-29-55-27-28-55)25-26-47(45)66-52(48,50(44)49)64-32-5-2/h5,21-26,35-36,40,43,48-50,57-58H,2,4,6-20,27-34,37-38H2,1,3H3/t40-,43+,48-,49+,50+,52+/m0/s1. The Hall–Kier alpha value is -4.50. The highest BCUT2D eigenvalue weighted by atomic mass is 16.7. The summed E-state index contributed by atoms with van der Waals surface area (Å²) < 4.78 is 26.7. The van der Waals surface area contributed by atoms with E-state index in [0.717, 1.165) is 87.0 Å². The van der Waals surface area contributed by atoms with Crippen molar-refractivity contribution >= 4 is 17.5 Å². The molecule has 2 aromatic carbocycles. The quantitative estimate of drug-likeness (QED) is 0.0243. The molecule has 6 atom stereocenters. The predicted molar refractivity (Wildman–Crippen MR) is 256 cm³/mol. The number of aliphatic hydroxyl groups is 2. The zero-order valence-electron chi connectivity index (χ0n) is 39.6. The lowest BCUT2D eigenvalue weighted by Crippen LogP contribution is -2.69. The number of nitro groups is 1. The molecule has 4 aliphatic rings. The van der Waals surface area contributed by atoms with Crippen LogP contribution < -0.4 is 9.47 Å². The molecule has 364 valence electrons. The fourth-order valence-electron chi connectivity index (χ4n) is 10.3. The van der Waals surface area contributed by atoms with E-state index in [0.29, 0.717) is 37.5 Å². The number of benzene rings is 2. The van der Waals surface area contributed by atoms with E-state index < -0.39 is 28.8 Å². The van der Waals surface area contributed by atoms with Crippen LogP contribution in [0.5, 0.6) is 11.5 Å².